The van der Waals surface area contributed by atoms with E-state index in [2.05, 4.69) is 30.0 Å². The Balaban J connectivity index is 1.81. The van der Waals surface area contributed by atoms with Gasteiger partial charge in [0.25, 0.3) is 0 Å². The van der Waals surface area contributed by atoms with E-state index in [1.54, 1.807) is 23.1 Å². The molecule has 0 fully saturated rings. The summed E-state index contributed by atoms with van der Waals surface area (Å²) in [7, 11) is 0. The van der Waals surface area contributed by atoms with E-state index < -0.39 is 0 Å². The van der Waals surface area contributed by atoms with Gasteiger partial charge in [-0.05, 0) is 36.1 Å². The molecule has 0 amide bonds. The summed E-state index contributed by atoms with van der Waals surface area (Å²) in [5.74, 6) is 0. The molecule has 0 aliphatic carbocycles. The second-order valence-electron chi connectivity index (χ2n) is 4.20. The molecule has 0 unspecified atom stereocenters. The highest BCUT2D eigenvalue weighted by atomic mass is 32.2. The molecular weight excluding hydrogens is 302 g/mol. The van der Waals surface area contributed by atoms with Crippen molar-refractivity contribution in [3.05, 3.63) is 53.4 Å². The summed E-state index contributed by atoms with van der Waals surface area (Å²) in [5.41, 5.74) is 2.09. The monoisotopic (exact) mass is 315 g/mol. The highest BCUT2D eigenvalue weighted by Gasteiger charge is 2.04. The second kappa shape index (κ2) is 5.95. The van der Waals surface area contributed by atoms with Crippen LogP contribution < -0.4 is 0 Å². The largest absolute Gasteiger partial charge is 0.255 e. The van der Waals surface area contributed by atoms with Crippen molar-refractivity contribution in [1.29, 1.82) is 0 Å². The number of rotatable bonds is 4. The van der Waals surface area contributed by atoms with Crippen LogP contribution in [0.4, 0.5) is 5.69 Å². The maximum Gasteiger partial charge on any atom is 0.0630 e. The topological polar surface area (TPSA) is 12.4 Å². The van der Waals surface area contributed by atoms with Gasteiger partial charge in [-0.15, -0.1) is 34.4 Å². The van der Waals surface area contributed by atoms with Gasteiger partial charge < -0.3 is 0 Å². The van der Waals surface area contributed by atoms with Crippen LogP contribution in [0.5, 0.6) is 0 Å². The second-order valence-corrected chi connectivity index (χ2v) is 7.51. The molecule has 3 aromatic rings. The predicted molar refractivity (Wildman–Crippen MR) is 95.3 cm³/mol. The van der Waals surface area contributed by atoms with Crippen LogP contribution in [0.3, 0.4) is 0 Å². The van der Waals surface area contributed by atoms with Crippen LogP contribution >= 0.6 is 34.4 Å². The average molecular weight is 315 g/mol. The van der Waals surface area contributed by atoms with Gasteiger partial charge in [-0.1, -0.05) is 24.8 Å². The third kappa shape index (κ3) is 2.87. The first-order valence-corrected chi connectivity index (χ1v) is 8.98. The maximum atomic E-state index is 4.52. The van der Waals surface area contributed by atoms with Crippen LogP contribution in [0.15, 0.2) is 52.2 Å². The van der Waals surface area contributed by atoms with Gasteiger partial charge in [-0.3, -0.25) is 4.99 Å². The van der Waals surface area contributed by atoms with Gasteiger partial charge in [0.2, 0.25) is 0 Å². The third-order valence-corrected chi connectivity index (χ3v) is 6.17. The van der Waals surface area contributed by atoms with Gasteiger partial charge in [-0.25, -0.2) is 0 Å². The molecule has 1 nitrogen and oxygen atoms in total. The number of thiophene rings is 2. The summed E-state index contributed by atoms with van der Waals surface area (Å²) in [6.45, 7) is 3.75. The first kappa shape index (κ1) is 13.6. The molecule has 1 aromatic carbocycles. The SMILES string of the molecule is C=Cc1ccc(N=Cc2cc3sc(SC)cc3s2)cc1. The molecule has 0 aliphatic rings. The van der Waals surface area contributed by atoms with Crippen molar-refractivity contribution in [2.75, 3.05) is 6.26 Å². The smallest absolute Gasteiger partial charge is 0.0630 e. The Morgan fingerprint density at radius 1 is 1.10 bits per heavy atom. The fourth-order valence-corrected chi connectivity index (χ4v) is 4.75. The lowest BCUT2D eigenvalue weighted by Crippen LogP contribution is -1.73. The molecule has 0 saturated heterocycles. The number of hydrogen-bond acceptors (Lipinski definition) is 4. The lowest BCUT2D eigenvalue weighted by molar-refractivity contribution is 1.53. The summed E-state index contributed by atoms with van der Waals surface area (Å²) in [6, 6.07) is 12.5. The minimum Gasteiger partial charge on any atom is -0.255 e. The Morgan fingerprint density at radius 3 is 2.50 bits per heavy atom. The van der Waals surface area contributed by atoms with Gasteiger partial charge in [0.05, 0.1) is 9.90 Å². The van der Waals surface area contributed by atoms with Crippen LogP contribution in [0.25, 0.3) is 15.5 Å². The summed E-state index contributed by atoms with van der Waals surface area (Å²) in [4.78, 5) is 5.72. The molecule has 4 heteroatoms. The molecule has 2 heterocycles. The van der Waals surface area contributed by atoms with Crippen molar-refractivity contribution in [2.45, 2.75) is 4.21 Å². The van der Waals surface area contributed by atoms with Gasteiger partial charge in [0, 0.05) is 20.5 Å². The van der Waals surface area contributed by atoms with Gasteiger partial charge in [-0.2, -0.15) is 0 Å². The summed E-state index contributed by atoms with van der Waals surface area (Å²) in [5, 5.41) is 0. The molecule has 0 spiro atoms. The zero-order valence-corrected chi connectivity index (χ0v) is 13.4. The molecule has 0 radical (unpaired) electrons. The maximum absolute atomic E-state index is 4.52. The Hall–Kier alpha value is -1.36. The zero-order valence-electron chi connectivity index (χ0n) is 11.0. The number of benzene rings is 1. The number of hydrogen-bond donors (Lipinski definition) is 0. The molecule has 3 rings (SSSR count). The van der Waals surface area contributed by atoms with Crippen molar-refractivity contribution >= 4 is 61.8 Å². The van der Waals surface area contributed by atoms with E-state index in [4.69, 9.17) is 0 Å². The fraction of sp³-hybridized carbons (Fsp3) is 0.0625. The molecule has 0 aliphatic heterocycles. The zero-order chi connectivity index (χ0) is 13.9. The lowest BCUT2D eigenvalue weighted by Gasteiger charge is -1.94. The number of thioether (sulfide) groups is 1. The standard InChI is InChI=1S/C16H13NS3/c1-3-11-4-6-12(7-5-11)17-10-13-8-14-15(19-13)9-16(18-2)20-14/h3-10H,1H2,2H3. The summed E-state index contributed by atoms with van der Waals surface area (Å²) < 4.78 is 4.07. The Morgan fingerprint density at radius 2 is 1.85 bits per heavy atom. The van der Waals surface area contributed by atoms with E-state index in [1.807, 2.05) is 47.9 Å². The quantitative estimate of drug-likeness (QED) is 0.420. The van der Waals surface area contributed by atoms with Gasteiger partial charge in [0.1, 0.15) is 0 Å². The van der Waals surface area contributed by atoms with Crippen LogP contribution in [-0.4, -0.2) is 12.5 Å². The highest BCUT2D eigenvalue weighted by Crippen LogP contribution is 2.36. The van der Waals surface area contributed by atoms with E-state index in [0.717, 1.165) is 11.3 Å². The van der Waals surface area contributed by atoms with Crippen molar-refractivity contribution < 1.29 is 0 Å². The van der Waals surface area contributed by atoms with Crippen molar-refractivity contribution in [3.63, 3.8) is 0 Å². The van der Waals surface area contributed by atoms with E-state index in [1.165, 1.54) is 18.5 Å². The van der Waals surface area contributed by atoms with Gasteiger partial charge >= 0.3 is 0 Å². The summed E-state index contributed by atoms with van der Waals surface area (Å²) in [6.07, 6.45) is 5.90. The Kier molecular flexibility index (Phi) is 4.05. The van der Waals surface area contributed by atoms with Crippen LogP contribution in [0, 0.1) is 0 Å². The van der Waals surface area contributed by atoms with E-state index in [0.29, 0.717) is 0 Å². The van der Waals surface area contributed by atoms with Crippen LogP contribution in [0.1, 0.15) is 10.4 Å². The molecule has 0 N–H and O–H groups in total. The molecule has 2 aromatic heterocycles. The molecule has 0 bridgehead atoms. The van der Waals surface area contributed by atoms with Crippen molar-refractivity contribution in [1.82, 2.24) is 0 Å². The normalized spacial score (nSPS) is 11.4. The predicted octanol–water partition coefficient (Wildman–Crippen LogP) is 6.08. The van der Waals surface area contributed by atoms with E-state index in [9.17, 15) is 0 Å². The van der Waals surface area contributed by atoms with Gasteiger partial charge in [0.15, 0.2) is 0 Å². The number of nitrogens with zero attached hydrogens (tertiary/aromatic N) is 1. The first-order valence-electron chi connectivity index (χ1n) is 6.12. The van der Waals surface area contributed by atoms with Crippen molar-refractivity contribution in [2.24, 2.45) is 4.99 Å². The number of aliphatic imine (C=N–C) groups is 1. The first-order chi connectivity index (χ1) is 9.78. The highest BCUT2D eigenvalue weighted by molar-refractivity contribution is 8.00. The summed E-state index contributed by atoms with van der Waals surface area (Å²) >= 11 is 5.44. The molecule has 0 saturated carbocycles. The van der Waals surface area contributed by atoms with Crippen LogP contribution in [0.2, 0.25) is 0 Å². The van der Waals surface area contributed by atoms with Crippen LogP contribution in [-0.2, 0) is 0 Å². The Bertz CT molecular complexity index is 731. The lowest BCUT2D eigenvalue weighted by atomic mass is 10.2. The fourth-order valence-electron chi connectivity index (χ4n) is 1.83. The number of fused-ring (bicyclic) bond motifs is 1. The third-order valence-electron chi connectivity index (χ3n) is 2.87. The minimum absolute atomic E-state index is 0.970. The van der Waals surface area contributed by atoms with E-state index >= 15 is 0 Å². The Labute approximate surface area is 130 Å². The average Bonchev–Trinajstić information content (AvgIpc) is 3.03. The molecule has 0 atom stereocenters. The molecular formula is C16H13NS3. The molecule has 100 valence electrons. The molecule has 20 heavy (non-hydrogen) atoms. The van der Waals surface area contributed by atoms with E-state index in [-0.39, 0.29) is 0 Å². The minimum atomic E-state index is 0.970. The van der Waals surface area contributed by atoms with Crippen molar-refractivity contribution in [3.8, 4) is 0 Å².